The molecule has 0 N–H and O–H groups in total. The van der Waals surface area contributed by atoms with Crippen molar-refractivity contribution in [1.82, 2.24) is 0 Å². The van der Waals surface area contributed by atoms with Gasteiger partial charge in [0.15, 0.2) is 0 Å². The number of hydrogen-bond donors (Lipinski definition) is 0. The summed E-state index contributed by atoms with van der Waals surface area (Å²) in [6.45, 7) is 55.0. The van der Waals surface area contributed by atoms with Gasteiger partial charge >= 0.3 is 16.8 Å². The van der Waals surface area contributed by atoms with Crippen LogP contribution < -0.4 is 28.7 Å². The summed E-state index contributed by atoms with van der Waals surface area (Å²) in [5.74, 6) is 3.23. The van der Waals surface area contributed by atoms with E-state index in [9.17, 15) is 0 Å². The van der Waals surface area contributed by atoms with Crippen molar-refractivity contribution in [2.45, 2.75) is 209 Å². The van der Waals surface area contributed by atoms with Gasteiger partial charge in [0.2, 0.25) is 0 Å². The fourth-order valence-electron chi connectivity index (χ4n) is 10.3. The highest BCUT2D eigenvalue weighted by Crippen LogP contribution is 2.54. The van der Waals surface area contributed by atoms with Gasteiger partial charge in [0.1, 0.15) is 23.0 Å². The van der Waals surface area contributed by atoms with Crippen molar-refractivity contribution in [2.24, 2.45) is 0 Å². The minimum atomic E-state index is -2.03. The molecule has 0 unspecified atom stereocenters. The monoisotopic (exact) mass is 1030 g/mol. The summed E-state index contributed by atoms with van der Waals surface area (Å²) in [5, 5.41) is 1.80. The summed E-state index contributed by atoms with van der Waals surface area (Å²) < 4.78 is 31.3. The van der Waals surface area contributed by atoms with Gasteiger partial charge in [-0.3, -0.25) is 0 Å². The molecule has 74 heavy (non-hydrogen) atoms. The third kappa shape index (κ3) is 13.3. The minimum Gasteiger partial charge on any atom is -0.435 e. The Kier molecular flexibility index (Phi) is 16.7. The van der Waals surface area contributed by atoms with Crippen LogP contribution in [-0.2, 0) is 43.3 Å². The third-order valence-corrected chi connectivity index (χ3v) is 16.8. The molecule has 0 saturated heterocycles. The van der Waals surface area contributed by atoms with Crippen LogP contribution in [0.1, 0.15) is 211 Å². The van der Waals surface area contributed by atoms with Crippen LogP contribution >= 0.6 is 16.8 Å². The van der Waals surface area contributed by atoms with Crippen LogP contribution in [0.25, 0.3) is 11.1 Å². The molecule has 0 aromatic heterocycles. The van der Waals surface area contributed by atoms with Gasteiger partial charge < -0.3 is 18.1 Å². The Morgan fingerprint density at radius 3 is 0.797 bits per heavy atom. The first kappa shape index (κ1) is 58.6. The summed E-state index contributed by atoms with van der Waals surface area (Å²) >= 11 is 0. The van der Waals surface area contributed by atoms with Gasteiger partial charge in [-0.1, -0.05) is 257 Å². The molecule has 6 heteroatoms. The predicted octanol–water partition coefficient (Wildman–Crippen LogP) is 19.9. The summed E-state index contributed by atoms with van der Waals surface area (Å²) in [6.07, 6.45) is 0. The summed E-state index contributed by atoms with van der Waals surface area (Å²) in [4.78, 5) is 0. The average molecular weight is 1040 g/mol. The molecule has 0 heterocycles. The Hall–Kier alpha value is -4.62. The van der Waals surface area contributed by atoms with E-state index in [1.165, 1.54) is 44.5 Å². The standard InChI is InChI=1S/C68H92O4P2/c1-61(2,3)47-36-29-40-51(56(47)65(13,14)15)69-73(70-52-41-30-37-48(62(4,5)6)57(52)66(16,17)18)55-44-28-35-46(45-33-26-25-27-34-45)60(55)74(71-53-42-31-38-49(63(7,8)9)58(53)67(19,20)21)72-54-43-32-39-50(64(10,11)12)59(54)68(22,23)24/h25-44H,1-24H3. The van der Waals surface area contributed by atoms with E-state index in [2.05, 4.69) is 287 Å². The van der Waals surface area contributed by atoms with Gasteiger partial charge in [0, 0.05) is 22.3 Å². The topological polar surface area (TPSA) is 36.9 Å². The zero-order valence-corrected chi connectivity index (χ0v) is 51.9. The lowest BCUT2D eigenvalue weighted by molar-refractivity contribution is 0.451. The second-order valence-electron chi connectivity index (χ2n) is 28.6. The van der Waals surface area contributed by atoms with Gasteiger partial charge in [-0.2, -0.15) is 0 Å². The Morgan fingerprint density at radius 2 is 0.527 bits per heavy atom. The van der Waals surface area contributed by atoms with Gasteiger partial charge in [0.05, 0.1) is 10.6 Å². The highest BCUT2D eigenvalue weighted by atomic mass is 31.2. The van der Waals surface area contributed by atoms with Crippen molar-refractivity contribution in [3.8, 4) is 34.1 Å². The molecule has 0 spiro atoms. The van der Waals surface area contributed by atoms with Crippen molar-refractivity contribution < 1.29 is 18.1 Å². The fraction of sp³-hybridized carbons (Fsp3) is 0.471. The Labute approximate surface area is 452 Å². The van der Waals surface area contributed by atoms with Crippen molar-refractivity contribution in [3.63, 3.8) is 0 Å². The van der Waals surface area contributed by atoms with Crippen molar-refractivity contribution in [1.29, 1.82) is 0 Å². The van der Waals surface area contributed by atoms with Gasteiger partial charge in [-0.25, -0.2) is 0 Å². The first-order valence-corrected chi connectivity index (χ1v) is 29.2. The van der Waals surface area contributed by atoms with Crippen molar-refractivity contribution in [3.05, 3.63) is 166 Å². The molecule has 6 rings (SSSR count). The van der Waals surface area contributed by atoms with E-state index in [1.807, 2.05) is 0 Å². The average Bonchev–Trinajstić information content (AvgIpc) is 3.25. The van der Waals surface area contributed by atoms with Gasteiger partial charge in [-0.15, -0.1) is 0 Å². The van der Waals surface area contributed by atoms with Crippen LogP contribution in [0.3, 0.4) is 0 Å². The fourth-order valence-corrected chi connectivity index (χ4v) is 13.8. The highest BCUT2D eigenvalue weighted by Gasteiger charge is 2.40. The zero-order valence-electron chi connectivity index (χ0n) is 50.1. The van der Waals surface area contributed by atoms with Crippen LogP contribution in [0.4, 0.5) is 0 Å². The Balaban J connectivity index is 1.82. The van der Waals surface area contributed by atoms with E-state index in [0.717, 1.165) is 44.7 Å². The second kappa shape index (κ2) is 21.1. The molecule has 398 valence electrons. The molecule has 0 radical (unpaired) electrons. The minimum absolute atomic E-state index is 0.154. The largest absolute Gasteiger partial charge is 0.435 e. The summed E-state index contributed by atoms with van der Waals surface area (Å²) in [6, 6.07) is 43.5. The zero-order chi connectivity index (χ0) is 55.4. The Bertz CT molecular complexity index is 2750. The molecular formula is C68H92O4P2. The summed E-state index contributed by atoms with van der Waals surface area (Å²) in [7, 11) is -4.03. The lowest BCUT2D eigenvalue weighted by Gasteiger charge is -2.36. The van der Waals surface area contributed by atoms with E-state index in [1.54, 1.807) is 0 Å². The third-order valence-electron chi connectivity index (χ3n) is 13.5. The van der Waals surface area contributed by atoms with Gasteiger partial charge in [-0.05, 0) is 107 Å². The van der Waals surface area contributed by atoms with Crippen molar-refractivity contribution in [2.75, 3.05) is 0 Å². The molecule has 0 aliphatic carbocycles. The lowest BCUT2D eigenvalue weighted by Crippen LogP contribution is -2.32. The van der Waals surface area contributed by atoms with Crippen molar-refractivity contribution >= 4 is 27.4 Å². The van der Waals surface area contributed by atoms with Crippen LogP contribution in [-0.4, -0.2) is 0 Å². The number of benzene rings is 6. The van der Waals surface area contributed by atoms with E-state index in [4.69, 9.17) is 18.1 Å². The molecule has 0 aliphatic heterocycles. The maximum Gasteiger partial charge on any atom is 0.327 e. The van der Waals surface area contributed by atoms with Crippen LogP contribution in [0, 0.1) is 0 Å². The quantitative estimate of drug-likeness (QED) is 0.121. The lowest BCUT2D eigenvalue weighted by atomic mass is 9.75. The van der Waals surface area contributed by atoms with E-state index < -0.39 is 16.8 Å². The summed E-state index contributed by atoms with van der Waals surface area (Å²) in [5.41, 5.74) is 10.0. The molecule has 0 aliphatic rings. The maximum absolute atomic E-state index is 7.87. The number of rotatable bonds is 11. The second-order valence-corrected chi connectivity index (χ2v) is 31.3. The van der Waals surface area contributed by atoms with E-state index in [-0.39, 0.29) is 43.3 Å². The molecular weight excluding hydrogens is 943 g/mol. The Morgan fingerprint density at radius 1 is 0.257 bits per heavy atom. The normalized spacial score (nSPS) is 13.4. The van der Waals surface area contributed by atoms with Crippen LogP contribution in [0.5, 0.6) is 23.0 Å². The van der Waals surface area contributed by atoms with Crippen LogP contribution in [0.15, 0.2) is 121 Å². The first-order valence-electron chi connectivity index (χ1n) is 26.9. The smallest absolute Gasteiger partial charge is 0.327 e. The van der Waals surface area contributed by atoms with Gasteiger partial charge in [0.25, 0.3) is 0 Å². The van der Waals surface area contributed by atoms with E-state index >= 15 is 0 Å². The molecule has 0 saturated carbocycles. The van der Waals surface area contributed by atoms with Crippen LogP contribution in [0.2, 0.25) is 0 Å². The molecule has 4 nitrogen and oxygen atoms in total. The SMILES string of the molecule is CC(C)(C)c1cccc(OP(Oc2cccc(C(C)(C)C)c2C(C)(C)C)c2cccc(-c3ccccc3)c2P(Oc2cccc(C(C)(C)C)c2C(C)(C)C)Oc2cccc(C(C)(C)C)c2C(C)(C)C)c1C(C)(C)C. The first-order chi connectivity index (χ1) is 33.8. The molecule has 6 aromatic carbocycles. The molecule has 0 amide bonds. The maximum atomic E-state index is 7.87. The highest BCUT2D eigenvalue weighted by molar-refractivity contribution is 7.64. The number of hydrogen-bond acceptors (Lipinski definition) is 4. The van der Waals surface area contributed by atoms with E-state index in [0.29, 0.717) is 0 Å². The molecule has 6 aromatic rings. The predicted molar refractivity (Wildman–Crippen MR) is 323 cm³/mol. The molecule has 0 atom stereocenters. The molecule has 0 bridgehead atoms. The molecule has 0 fully saturated rings.